The van der Waals surface area contributed by atoms with Crippen molar-refractivity contribution in [3.05, 3.63) is 30.3 Å². The number of hydrogen-bond donors (Lipinski definition) is 2. The zero-order valence-corrected chi connectivity index (χ0v) is 7.21. The molecule has 60 valence electrons. The molecule has 0 aliphatic rings. The molecular weight excluding hydrogens is 158 g/mol. The Hall–Kier alpha value is -0.670. The third-order valence-electron chi connectivity index (χ3n) is 1.07. The summed E-state index contributed by atoms with van der Waals surface area (Å²) in [5.74, 6) is 0.729. The van der Waals surface area contributed by atoms with Crippen LogP contribution in [0.1, 0.15) is 6.92 Å². The Morgan fingerprint density at radius 2 is 1.91 bits per heavy atom. The maximum atomic E-state index is 5.51. The third-order valence-corrected chi connectivity index (χ3v) is 1.16. The molecule has 0 radical (unpaired) electrons. The summed E-state index contributed by atoms with van der Waals surface area (Å²) in [6.45, 7) is 1.68. The van der Waals surface area contributed by atoms with Crippen LogP contribution in [0, 0.1) is 0 Å². The van der Waals surface area contributed by atoms with Gasteiger partial charge in [-0.1, -0.05) is 18.2 Å². The summed E-state index contributed by atoms with van der Waals surface area (Å²) in [6, 6.07) is 9.35. The third kappa shape index (κ3) is 3.30. The normalized spacial score (nSPS) is 15.5. The van der Waals surface area contributed by atoms with E-state index in [0.29, 0.717) is 0 Å². The minimum absolute atomic E-state index is 0.729. The number of thiol groups is 1. The minimum Gasteiger partial charge on any atom is -0.464 e. The van der Waals surface area contributed by atoms with Gasteiger partial charge < -0.3 is 4.74 Å². The predicted octanol–water partition coefficient (Wildman–Crippen LogP) is 1.63. The van der Waals surface area contributed by atoms with E-state index in [-0.39, 0.29) is 0 Å². The molecular formula is C8H11NOS. The number of benzene rings is 1. The molecule has 1 aromatic carbocycles. The fourth-order valence-corrected chi connectivity index (χ4v) is 0.833. The molecule has 1 atom stereocenters. The first kappa shape index (κ1) is 8.43. The first-order valence-corrected chi connectivity index (χ1v) is 3.78. The quantitative estimate of drug-likeness (QED) is 0.521. The highest BCUT2D eigenvalue weighted by Crippen LogP contribution is 2.15. The molecule has 0 aliphatic carbocycles. The van der Waals surface area contributed by atoms with Gasteiger partial charge in [-0.15, -0.1) is 12.6 Å². The van der Waals surface area contributed by atoms with Gasteiger partial charge in [0.1, 0.15) is 5.75 Å². The summed E-state index contributed by atoms with van der Waals surface area (Å²) in [5.41, 5.74) is 5.51. The topological polar surface area (TPSA) is 35.2 Å². The SMILES string of the molecule is CC(N)(S)Oc1ccccc1. The molecule has 2 N–H and O–H groups in total. The van der Waals surface area contributed by atoms with Crippen LogP contribution in [0.15, 0.2) is 30.3 Å². The van der Waals surface area contributed by atoms with E-state index in [1.54, 1.807) is 6.92 Å². The molecule has 0 saturated heterocycles. The average molecular weight is 169 g/mol. The van der Waals surface area contributed by atoms with Gasteiger partial charge in [0.25, 0.3) is 0 Å². The summed E-state index contributed by atoms with van der Waals surface area (Å²) in [6.07, 6.45) is 0. The van der Waals surface area contributed by atoms with Gasteiger partial charge in [0.15, 0.2) is 0 Å². The lowest BCUT2D eigenvalue weighted by molar-refractivity contribution is 0.196. The Balaban J connectivity index is 2.66. The second-order valence-electron chi connectivity index (χ2n) is 2.47. The fraction of sp³-hybridized carbons (Fsp3) is 0.250. The van der Waals surface area contributed by atoms with Crippen LogP contribution in [0.5, 0.6) is 5.75 Å². The van der Waals surface area contributed by atoms with Gasteiger partial charge in [-0.2, -0.15) is 0 Å². The molecule has 1 rings (SSSR count). The lowest BCUT2D eigenvalue weighted by Gasteiger charge is -2.19. The molecule has 0 aromatic heterocycles. The van der Waals surface area contributed by atoms with Crippen LogP contribution in [-0.4, -0.2) is 5.06 Å². The molecule has 3 heteroatoms. The van der Waals surface area contributed by atoms with E-state index < -0.39 is 5.06 Å². The Labute approximate surface area is 71.8 Å². The van der Waals surface area contributed by atoms with Crippen LogP contribution in [0.4, 0.5) is 0 Å². The van der Waals surface area contributed by atoms with Gasteiger partial charge >= 0.3 is 0 Å². The van der Waals surface area contributed by atoms with Gasteiger partial charge in [0, 0.05) is 0 Å². The maximum absolute atomic E-state index is 5.51. The van der Waals surface area contributed by atoms with Crippen LogP contribution in [0.2, 0.25) is 0 Å². The van der Waals surface area contributed by atoms with Crippen LogP contribution < -0.4 is 10.5 Å². The van der Waals surface area contributed by atoms with Crippen molar-refractivity contribution >= 4 is 12.6 Å². The van der Waals surface area contributed by atoms with Crippen molar-refractivity contribution < 1.29 is 4.74 Å². The lowest BCUT2D eigenvalue weighted by Crippen LogP contribution is -2.35. The molecule has 0 aliphatic heterocycles. The van der Waals surface area contributed by atoms with E-state index in [1.165, 1.54) is 0 Å². The second-order valence-corrected chi connectivity index (χ2v) is 3.36. The Morgan fingerprint density at radius 1 is 1.36 bits per heavy atom. The smallest absolute Gasteiger partial charge is 0.201 e. The van der Waals surface area contributed by atoms with Crippen molar-refractivity contribution in [1.29, 1.82) is 0 Å². The molecule has 0 bridgehead atoms. The van der Waals surface area contributed by atoms with E-state index in [9.17, 15) is 0 Å². The van der Waals surface area contributed by atoms with Crippen molar-refractivity contribution in [2.75, 3.05) is 0 Å². The fourth-order valence-electron chi connectivity index (χ4n) is 0.727. The van der Waals surface area contributed by atoms with Crippen LogP contribution in [0.25, 0.3) is 0 Å². The van der Waals surface area contributed by atoms with Crippen molar-refractivity contribution in [1.82, 2.24) is 0 Å². The van der Waals surface area contributed by atoms with Gasteiger partial charge in [0.05, 0.1) is 0 Å². The van der Waals surface area contributed by atoms with Gasteiger partial charge in [-0.3, -0.25) is 5.73 Å². The molecule has 0 fully saturated rings. The van der Waals surface area contributed by atoms with Crippen molar-refractivity contribution in [2.45, 2.75) is 12.0 Å². The largest absolute Gasteiger partial charge is 0.464 e. The van der Waals surface area contributed by atoms with Gasteiger partial charge in [-0.25, -0.2) is 0 Å². The molecule has 1 aromatic rings. The molecule has 0 spiro atoms. The molecule has 11 heavy (non-hydrogen) atoms. The average Bonchev–Trinajstić information content (AvgIpc) is 1.85. The molecule has 2 nitrogen and oxygen atoms in total. The Kier molecular flexibility index (Phi) is 2.42. The molecule has 1 unspecified atom stereocenters. The van der Waals surface area contributed by atoms with Crippen LogP contribution in [0.3, 0.4) is 0 Å². The van der Waals surface area contributed by atoms with E-state index >= 15 is 0 Å². The highest BCUT2D eigenvalue weighted by Gasteiger charge is 2.12. The van der Waals surface area contributed by atoms with E-state index in [0.717, 1.165) is 5.75 Å². The van der Waals surface area contributed by atoms with Crippen LogP contribution in [-0.2, 0) is 0 Å². The lowest BCUT2D eigenvalue weighted by atomic mass is 10.3. The number of ether oxygens (including phenoxy) is 1. The van der Waals surface area contributed by atoms with Gasteiger partial charge in [-0.05, 0) is 19.1 Å². The standard InChI is InChI=1S/C8H11NOS/c1-8(9,11)10-7-5-3-2-4-6-7/h2-6,11H,9H2,1H3. The first-order chi connectivity index (χ1) is 5.08. The van der Waals surface area contributed by atoms with E-state index in [2.05, 4.69) is 12.6 Å². The summed E-state index contributed by atoms with van der Waals surface area (Å²) in [7, 11) is 0. The molecule has 0 saturated carbocycles. The zero-order chi connectivity index (χ0) is 8.32. The van der Waals surface area contributed by atoms with Gasteiger partial charge in [0.2, 0.25) is 5.06 Å². The summed E-state index contributed by atoms with van der Waals surface area (Å²) in [5, 5.41) is -0.901. The zero-order valence-electron chi connectivity index (χ0n) is 6.32. The van der Waals surface area contributed by atoms with Crippen molar-refractivity contribution in [3.8, 4) is 5.75 Å². The summed E-state index contributed by atoms with van der Waals surface area (Å²) in [4.78, 5) is 0. The molecule has 0 heterocycles. The molecule has 0 amide bonds. The van der Waals surface area contributed by atoms with E-state index in [4.69, 9.17) is 10.5 Å². The van der Waals surface area contributed by atoms with Crippen molar-refractivity contribution in [3.63, 3.8) is 0 Å². The monoisotopic (exact) mass is 169 g/mol. The number of para-hydroxylation sites is 1. The summed E-state index contributed by atoms with van der Waals surface area (Å²) >= 11 is 4.02. The number of hydrogen-bond acceptors (Lipinski definition) is 3. The highest BCUT2D eigenvalue weighted by molar-refractivity contribution is 7.81. The predicted molar refractivity (Wildman–Crippen MR) is 48.6 cm³/mol. The number of rotatable bonds is 2. The van der Waals surface area contributed by atoms with Crippen LogP contribution >= 0.6 is 12.6 Å². The van der Waals surface area contributed by atoms with E-state index in [1.807, 2.05) is 30.3 Å². The number of nitrogens with two attached hydrogens (primary N) is 1. The first-order valence-electron chi connectivity index (χ1n) is 3.33. The highest BCUT2D eigenvalue weighted by atomic mass is 32.1. The maximum Gasteiger partial charge on any atom is 0.201 e. The Bertz CT molecular complexity index is 217. The minimum atomic E-state index is -0.901. The second kappa shape index (κ2) is 3.15. The van der Waals surface area contributed by atoms with Crippen molar-refractivity contribution in [2.24, 2.45) is 5.73 Å². The summed E-state index contributed by atoms with van der Waals surface area (Å²) < 4.78 is 5.24. The Morgan fingerprint density at radius 3 is 2.36 bits per heavy atom.